The number of rotatable bonds is 1. The van der Waals surface area contributed by atoms with Gasteiger partial charge in [0.05, 0.1) is 5.69 Å². The second kappa shape index (κ2) is 2.65. The summed E-state index contributed by atoms with van der Waals surface area (Å²) in [6.45, 7) is 3.74. The molecule has 0 fully saturated rings. The van der Waals surface area contributed by atoms with E-state index < -0.39 is 0 Å². The Hall–Kier alpha value is -1.71. The molecule has 0 spiro atoms. The fourth-order valence-corrected chi connectivity index (χ4v) is 1.37. The topological polar surface area (TPSA) is 46.7 Å². The first kappa shape index (κ1) is 7.91. The summed E-state index contributed by atoms with van der Waals surface area (Å²) < 4.78 is 1.71. The van der Waals surface area contributed by atoms with Crippen molar-refractivity contribution in [3.63, 3.8) is 0 Å². The van der Waals surface area contributed by atoms with Gasteiger partial charge in [0.2, 0.25) is 5.82 Å². The van der Waals surface area contributed by atoms with Gasteiger partial charge in [-0.15, -0.1) is 4.91 Å². The zero-order valence-electron chi connectivity index (χ0n) is 7.48. The van der Waals surface area contributed by atoms with Gasteiger partial charge in [-0.1, -0.05) is 6.07 Å². The molecule has 2 aromatic heterocycles. The molecule has 0 radical (unpaired) electrons. The molecule has 0 saturated carbocycles. The minimum atomic E-state index is 0.388. The number of hydrogen-bond donors (Lipinski definition) is 0. The summed E-state index contributed by atoms with van der Waals surface area (Å²) in [5.41, 5.74) is 2.51. The zero-order chi connectivity index (χ0) is 9.42. The Kier molecular flexibility index (Phi) is 1.62. The first-order valence-electron chi connectivity index (χ1n) is 4.01. The van der Waals surface area contributed by atoms with E-state index in [1.165, 1.54) is 0 Å². The van der Waals surface area contributed by atoms with Crippen molar-refractivity contribution in [3.8, 4) is 0 Å². The Balaban J connectivity index is 2.88. The lowest BCUT2D eigenvalue weighted by molar-refractivity contribution is 1.13. The predicted octanol–water partition coefficient (Wildman–Crippen LogP) is 2.35. The summed E-state index contributed by atoms with van der Waals surface area (Å²) in [5.74, 6) is 0.388. The van der Waals surface area contributed by atoms with Crippen molar-refractivity contribution in [3.05, 3.63) is 34.5 Å². The summed E-state index contributed by atoms with van der Waals surface area (Å²) in [6.07, 6.45) is 1.85. The van der Waals surface area contributed by atoms with Gasteiger partial charge in [0.15, 0.2) is 0 Å². The fourth-order valence-electron chi connectivity index (χ4n) is 1.37. The van der Waals surface area contributed by atoms with Crippen LogP contribution in [0.1, 0.15) is 11.3 Å². The Labute approximate surface area is 75.2 Å². The third-order valence-corrected chi connectivity index (χ3v) is 2.00. The molecule has 0 saturated heterocycles. The van der Waals surface area contributed by atoms with E-state index >= 15 is 0 Å². The highest BCUT2D eigenvalue weighted by Crippen LogP contribution is 2.20. The van der Waals surface area contributed by atoms with Crippen LogP contribution >= 0.6 is 0 Å². The van der Waals surface area contributed by atoms with Gasteiger partial charge < -0.3 is 0 Å². The second-order valence-corrected chi connectivity index (χ2v) is 3.05. The molecule has 2 heterocycles. The number of imidazole rings is 1. The van der Waals surface area contributed by atoms with E-state index in [0.717, 1.165) is 11.2 Å². The van der Waals surface area contributed by atoms with Crippen LogP contribution in [-0.2, 0) is 0 Å². The molecular weight excluding hydrogens is 166 g/mol. The molecule has 2 aromatic rings. The van der Waals surface area contributed by atoms with E-state index in [-0.39, 0.29) is 0 Å². The van der Waals surface area contributed by atoms with Crippen molar-refractivity contribution in [2.75, 3.05) is 0 Å². The van der Waals surface area contributed by atoms with Gasteiger partial charge in [-0.05, 0) is 30.7 Å². The Morgan fingerprint density at radius 3 is 2.85 bits per heavy atom. The summed E-state index contributed by atoms with van der Waals surface area (Å²) in [5, 5.41) is 2.95. The van der Waals surface area contributed by atoms with Crippen molar-refractivity contribution in [1.82, 2.24) is 9.38 Å². The van der Waals surface area contributed by atoms with Gasteiger partial charge in [-0.3, -0.25) is 4.40 Å². The van der Waals surface area contributed by atoms with Gasteiger partial charge in [0.25, 0.3) is 0 Å². The molecule has 0 aromatic carbocycles. The highest BCUT2D eigenvalue weighted by Gasteiger charge is 2.07. The van der Waals surface area contributed by atoms with E-state index in [0.29, 0.717) is 11.5 Å². The van der Waals surface area contributed by atoms with Crippen LogP contribution < -0.4 is 0 Å². The molecule has 4 heteroatoms. The van der Waals surface area contributed by atoms with Crippen LogP contribution in [0.3, 0.4) is 0 Å². The third-order valence-electron chi connectivity index (χ3n) is 2.00. The van der Waals surface area contributed by atoms with E-state index in [1.54, 1.807) is 11.3 Å². The van der Waals surface area contributed by atoms with Gasteiger partial charge in [0, 0.05) is 6.20 Å². The molecule has 0 atom stereocenters. The lowest BCUT2D eigenvalue weighted by Gasteiger charge is -1.95. The first-order chi connectivity index (χ1) is 6.22. The standard InChI is InChI=1S/C9H9N3O/c1-6-3-4-8-10-7(2)9(11-13)12(8)5-6/h3-5H,1-2H3. The van der Waals surface area contributed by atoms with Gasteiger partial charge in [-0.2, -0.15) is 0 Å². The molecule has 0 aliphatic heterocycles. The molecule has 13 heavy (non-hydrogen) atoms. The SMILES string of the molecule is Cc1ccc2nc(C)c(N=O)n2c1. The van der Waals surface area contributed by atoms with Crippen molar-refractivity contribution >= 4 is 11.5 Å². The highest BCUT2D eigenvalue weighted by atomic mass is 16.3. The van der Waals surface area contributed by atoms with Crippen molar-refractivity contribution in [1.29, 1.82) is 0 Å². The van der Waals surface area contributed by atoms with E-state index in [1.807, 2.05) is 25.3 Å². The molecule has 0 N–H and O–H groups in total. The Morgan fingerprint density at radius 2 is 2.15 bits per heavy atom. The maximum absolute atomic E-state index is 10.5. The first-order valence-corrected chi connectivity index (χ1v) is 4.01. The van der Waals surface area contributed by atoms with E-state index in [2.05, 4.69) is 10.2 Å². The molecule has 0 aliphatic carbocycles. The molecule has 0 aliphatic rings. The van der Waals surface area contributed by atoms with Gasteiger partial charge in [0.1, 0.15) is 5.65 Å². The van der Waals surface area contributed by atoms with Crippen LogP contribution in [-0.4, -0.2) is 9.38 Å². The van der Waals surface area contributed by atoms with Crippen molar-refractivity contribution in [2.45, 2.75) is 13.8 Å². The van der Waals surface area contributed by atoms with E-state index in [4.69, 9.17) is 0 Å². The molecule has 4 nitrogen and oxygen atoms in total. The maximum atomic E-state index is 10.5. The molecule has 0 unspecified atom stereocenters. The highest BCUT2D eigenvalue weighted by molar-refractivity contribution is 5.52. The number of aromatic nitrogens is 2. The molecular formula is C9H9N3O. The second-order valence-electron chi connectivity index (χ2n) is 3.05. The average molecular weight is 175 g/mol. The number of pyridine rings is 1. The Morgan fingerprint density at radius 1 is 1.38 bits per heavy atom. The Bertz CT molecular complexity index is 473. The average Bonchev–Trinajstić information content (AvgIpc) is 2.40. The molecule has 2 rings (SSSR count). The largest absolute Gasteiger partial charge is 0.281 e. The smallest absolute Gasteiger partial charge is 0.204 e. The fraction of sp³-hybridized carbons (Fsp3) is 0.222. The molecule has 0 amide bonds. The van der Waals surface area contributed by atoms with Crippen molar-refractivity contribution < 1.29 is 0 Å². The minimum Gasteiger partial charge on any atom is -0.281 e. The minimum absolute atomic E-state index is 0.388. The normalized spacial score (nSPS) is 10.6. The number of nitroso groups, excluding NO2 is 1. The van der Waals surface area contributed by atoms with Crippen LogP contribution in [0.25, 0.3) is 5.65 Å². The number of nitrogens with zero attached hydrogens (tertiary/aromatic N) is 3. The predicted molar refractivity (Wildman–Crippen MR) is 50.1 cm³/mol. The lowest BCUT2D eigenvalue weighted by Crippen LogP contribution is -1.84. The quantitative estimate of drug-likeness (QED) is 0.624. The summed E-state index contributed by atoms with van der Waals surface area (Å²) in [4.78, 5) is 14.7. The zero-order valence-corrected chi connectivity index (χ0v) is 7.48. The number of hydrogen-bond acceptors (Lipinski definition) is 3. The summed E-state index contributed by atoms with van der Waals surface area (Å²) in [7, 11) is 0. The van der Waals surface area contributed by atoms with Crippen molar-refractivity contribution in [2.24, 2.45) is 5.18 Å². The third kappa shape index (κ3) is 1.11. The number of fused-ring (bicyclic) bond motifs is 1. The monoisotopic (exact) mass is 175 g/mol. The van der Waals surface area contributed by atoms with Crippen LogP contribution in [0.5, 0.6) is 0 Å². The lowest BCUT2D eigenvalue weighted by atomic mass is 10.3. The maximum Gasteiger partial charge on any atom is 0.204 e. The summed E-state index contributed by atoms with van der Waals surface area (Å²) in [6, 6.07) is 3.83. The van der Waals surface area contributed by atoms with E-state index in [9.17, 15) is 4.91 Å². The molecule has 66 valence electrons. The summed E-state index contributed by atoms with van der Waals surface area (Å²) >= 11 is 0. The van der Waals surface area contributed by atoms with Crippen LogP contribution in [0.15, 0.2) is 23.5 Å². The van der Waals surface area contributed by atoms with Crippen LogP contribution in [0, 0.1) is 18.8 Å². The number of aryl methyl sites for hydroxylation is 2. The van der Waals surface area contributed by atoms with Crippen LogP contribution in [0.4, 0.5) is 5.82 Å². The van der Waals surface area contributed by atoms with Crippen LogP contribution in [0.2, 0.25) is 0 Å². The van der Waals surface area contributed by atoms with Gasteiger partial charge in [-0.25, -0.2) is 4.98 Å². The van der Waals surface area contributed by atoms with Gasteiger partial charge >= 0.3 is 0 Å². The molecule has 0 bridgehead atoms.